The number of benzene rings is 1. The first-order valence-electron chi connectivity index (χ1n) is 8.28. The van der Waals surface area contributed by atoms with Gasteiger partial charge in [0.15, 0.2) is 11.5 Å². The van der Waals surface area contributed by atoms with Gasteiger partial charge in [0, 0.05) is 30.0 Å². The molecular formula is C19H22N2O4S. The van der Waals surface area contributed by atoms with Crippen molar-refractivity contribution in [3.8, 4) is 17.2 Å². The predicted octanol–water partition coefficient (Wildman–Crippen LogP) is 3.27. The van der Waals surface area contributed by atoms with Crippen molar-refractivity contribution in [1.82, 2.24) is 9.88 Å². The number of rotatable bonds is 6. The zero-order valence-corrected chi connectivity index (χ0v) is 15.9. The van der Waals surface area contributed by atoms with E-state index in [1.807, 2.05) is 29.2 Å². The lowest BCUT2D eigenvalue weighted by Gasteiger charge is -2.36. The zero-order chi connectivity index (χ0) is 18.5. The largest absolute Gasteiger partial charge is 0.496 e. The van der Waals surface area contributed by atoms with Crippen molar-refractivity contribution in [1.29, 1.82) is 0 Å². The summed E-state index contributed by atoms with van der Waals surface area (Å²) >= 11 is 1.71. The lowest BCUT2D eigenvalue weighted by molar-refractivity contribution is -0.132. The molecule has 0 radical (unpaired) electrons. The van der Waals surface area contributed by atoms with Gasteiger partial charge in [-0.1, -0.05) is 6.07 Å². The second-order valence-electron chi connectivity index (χ2n) is 5.77. The van der Waals surface area contributed by atoms with Crippen LogP contribution in [0.25, 0.3) is 0 Å². The van der Waals surface area contributed by atoms with Crippen LogP contribution < -0.4 is 14.2 Å². The monoisotopic (exact) mass is 374 g/mol. The Balaban J connectivity index is 2.00. The summed E-state index contributed by atoms with van der Waals surface area (Å²) in [4.78, 5) is 18.9. The topological polar surface area (TPSA) is 60.9 Å². The van der Waals surface area contributed by atoms with Gasteiger partial charge in [-0.25, -0.2) is 0 Å². The zero-order valence-electron chi connectivity index (χ0n) is 15.1. The summed E-state index contributed by atoms with van der Waals surface area (Å²) in [7, 11) is 4.80. The van der Waals surface area contributed by atoms with Gasteiger partial charge < -0.3 is 19.1 Å². The Labute approximate surface area is 157 Å². The first-order valence-corrected chi connectivity index (χ1v) is 9.33. The SMILES string of the molecule is COc1cc(OC)c(C2SCCC(=O)N2Cc2ccccn2)cc1OC. The molecule has 2 heterocycles. The maximum atomic E-state index is 12.6. The highest BCUT2D eigenvalue weighted by molar-refractivity contribution is 7.99. The number of carbonyl (C=O) groups excluding carboxylic acids is 1. The van der Waals surface area contributed by atoms with Gasteiger partial charge >= 0.3 is 0 Å². The van der Waals surface area contributed by atoms with Crippen molar-refractivity contribution >= 4 is 17.7 Å². The Morgan fingerprint density at radius 1 is 1.12 bits per heavy atom. The van der Waals surface area contributed by atoms with E-state index < -0.39 is 0 Å². The second-order valence-corrected chi connectivity index (χ2v) is 6.95. The number of methoxy groups -OCH3 is 3. The summed E-state index contributed by atoms with van der Waals surface area (Å²) in [6.45, 7) is 0.453. The van der Waals surface area contributed by atoms with E-state index in [2.05, 4.69) is 4.98 Å². The van der Waals surface area contributed by atoms with Crippen molar-refractivity contribution < 1.29 is 19.0 Å². The van der Waals surface area contributed by atoms with Gasteiger partial charge in [-0.15, -0.1) is 11.8 Å². The number of pyridine rings is 1. The molecular weight excluding hydrogens is 352 g/mol. The summed E-state index contributed by atoms with van der Waals surface area (Å²) < 4.78 is 16.4. The van der Waals surface area contributed by atoms with E-state index in [-0.39, 0.29) is 11.3 Å². The lowest BCUT2D eigenvalue weighted by Crippen LogP contribution is -2.37. The van der Waals surface area contributed by atoms with Gasteiger partial charge in [-0.05, 0) is 18.2 Å². The van der Waals surface area contributed by atoms with Crippen LogP contribution >= 0.6 is 11.8 Å². The number of ether oxygens (including phenoxy) is 3. The highest BCUT2D eigenvalue weighted by atomic mass is 32.2. The number of hydrogen-bond donors (Lipinski definition) is 0. The van der Waals surface area contributed by atoms with E-state index in [9.17, 15) is 4.79 Å². The van der Waals surface area contributed by atoms with Gasteiger partial charge in [-0.3, -0.25) is 9.78 Å². The van der Waals surface area contributed by atoms with E-state index >= 15 is 0 Å². The first kappa shape index (κ1) is 18.4. The molecule has 138 valence electrons. The van der Waals surface area contributed by atoms with Crippen LogP contribution in [0.4, 0.5) is 0 Å². The molecule has 6 nitrogen and oxygen atoms in total. The number of hydrogen-bond acceptors (Lipinski definition) is 6. The molecule has 0 aliphatic carbocycles. The van der Waals surface area contributed by atoms with Gasteiger partial charge in [0.05, 0.1) is 33.6 Å². The molecule has 0 saturated carbocycles. The Morgan fingerprint density at radius 2 is 1.85 bits per heavy atom. The van der Waals surface area contributed by atoms with Crippen molar-refractivity contribution in [3.05, 3.63) is 47.8 Å². The van der Waals surface area contributed by atoms with Crippen LogP contribution in [0, 0.1) is 0 Å². The van der Waals surface area contributed by atoms with Crippen molar-refractivity contribution in [3.63, 3.8) is 0 Å². The highest BCUT2D eigenvalue weighted by Crippen LogP contribution is 2.45. The quantitative estimate of drug-likeness (QED) is 0.773. The number of aromatic nitrogens is 1. The van der Waals surface area contributed by atoms with Crippen LogP contribution in [0.15, 0.2) is 36.5 Å². The molecule has 1 aromatic carbocycles. The van der Waals surface area contributed by atoms with Crippen LogP contribution in [-0.4, -0.2) is 42.9 Å². The average Bonchev–Trinajstić information content (AvgIpc) is 2.69. The first-order chi connectivity index (χ1) is 12.7. The summed E-state index contributed by atoms with van der Waals surface area (Å²) in [5.74, 6) is 2.74. The van der Waals surface area contributed by atoms with Crippen LogP contribution in [0.1, 0.15) is 23.1 Å². The molecule has 0 bridgehead atoms. The molecule has 1 unspecified atom stereocenters. The minimum atomic E-state index is -0.173. The molecule has 1 saturated heterocycles. The Kier molecular flexibility index (Phi) is 5.88. The van der Waals surface area contributed by atoms with Crippen molar-refractivity contribution in [2.75, 3.05) is 27.1 Å². The van der Waals surface area contributed by atoms with Crippen molar-refractivity contribution in [2.24, 2.45) is 0 Å². The number of amides is 1. The second kappa shape index (κ2) is 8.31. The molecule has 1 aliphatic heterocycles. The maximum Gasteiger partial charge on any atom is 0.224 e. The number of nitrogens with zero attached hydrogens (tertiary/aromatic N) is 2. The predicted molar refractivity (Wildman–Crippen MR) is 101 cm³/mol. The van der Waals surface area contributed by atoms with Crippen LogP contribution in [-0.2, 0) is 11.3 Å². The minimum Gasteiger partial charge on any atom is -0.496 e. The molecule has 2 aromatic rings. The van der Waals surface area contributed by atoms with E-state index in [0.29, 0.717) is 30.2 Å². The molecule has 1 amide bonds. The molecule has 1 atom stereocenters. The Hall–Kier alpha value is -2.41. The van der Waals surface area contributed by atoms with Crippen LogP contribution in [0.2, 0.25) is 0 Å². The van der Waals surface area contributed by atoms with E-state index in [1.165, 1.54) is 0 Å². The van der Waals surface area contributed by atoms with E-state index in [0.717, 1.165) is 17.0 Å². The summed E-state index contributed by atoms with van der Waals surface area (Å²) in [5, 5.41) is -0.173. The Morgan fingerprint density at radius 3 is 2.50 bits per heavy atom. The average molecular weight is 374 g/mol. The Bertz CT molecular complexity index is 770. The number of carbonyl (C=O) groups is 1. The minimum absolute atomic E-state index is 0.108. The molecule has 1 fully saturated rings. The van der Waals surface area contributed by atoms with Crippen LogP contribution in [0.5, 0.6) is 17.2 Å². The summed E-state index contributed by atoms with van der Waals surface area (Å²) in [6.07, 6.45) is 2.26. The fraction of sp³-hybridized carbons (Fsp3) is 0.368. The summed E-state index contributed by atoms with van der Waals surface area (Å²) in [5.41, 5.74) is 1.74. The molecule has 1 aliphatic rings. The molecule has 0 spiro atoms. The van der Waals surface area contributed by atoms with Crippen LogP contribution in [0.3, 0.4) is 0 Å². The fourth-order valence-corrected chi connectivity index (χ4v) is 4.21. The highest BCUT2D eigenvalue weighted by Gasteiger charge is 2.33. The number of thioether (sulfide) groups is 1. The van der Waals surface area contributed by atoms with Crippen molar-refractivity contribution in [2.45, 2.75) is 18.3 Å². The molecule has 0 N–H and O–H groups in total. The molecule has 26 heavy (non-hydrogen) atoms. The third-order valence-electron chi connectivity index (χ3n) is 4.26. The molecule has 7 heteroatoms. The maximum absolute atomic E-state index is 12.6. The van der Waals surface area contributed by atoms with Gasteiger partial charge in [0.2, 0.25) is 5.91 Å². The smallest absolute Gasteiger partial charge is 0.224 e. The van der Waals surface area contributed by atoms with Gasteiger partial charge in [-0.2, -0.15) is 0 Å². The standard InChI is InChI=1S/C19H22N2O4S/c1-23-15-11-17(25-3)16(24-2)10-14(15)19-21(18(22)7-9-26-19)12-13-6-4-5-8-20-13/h4-6,8,10-11,19H,7,9,12H2,1-3H3. The van der Waals surface area contributed by atoms with Gasteiger partial charge in [0.1, 0.15) is 11.1 Å². The van der Waals surface area contributed by atoms with E-state index in [4.69, 9.17) is 14.2 Å². The molecule has 3 rings (SSSR count). The molecule has 1 aromatic heterocycles. The fourth-order valence-electron chi connectivity index (χ4n) is 2.96. The third kappa shape index (κ3) is 3.72. The van der Waals surface area contributed by atoms with Gasteiger partial charge in [0.25, 0.3) is 0 Å². The normalized spacial score (nSPS) is 17.1. The van der Waals surface area contributed by atoms with E-state index in [1.54, 1.807) is 45.4 Å². The third-order valence-corrected chi connectivity index (χ3v) is 5.52. The lowest BCUT2D eigenvalue weighted by atomic mass is 10.1. The summed E-state index contributed by atoms with van der Waals surface area (Å²) in [6, 6.07) is 9.41.